The molecule has 0 spiro atoms. The van der Waals surface area contributed by atoms with E-state index in [1.54, 1.807) is 60.7 Å². The van der Waals surface area contributed by atoms with Crippen LogP contribution in [-0.4, -0.2) is 37.3 Å². The third kappa shape index (κ3) is 8.51. The van der Waals surface area contributed by atoms with Crippen LogP contribution in [0.3, 0.4) is 0 Å². The van der Waals surface area contributed by atoms with Gasteiger partial charge < -0.3 is 23.7 Å². The largest absolute Gasteiger partial charge is 0.457 e. The summed E-state index contributed by atoms with van der Waals surface area (Å²) in [6.07, 6.45) is 2.07. The van der Waals surface area contributed by atoms with Crippen LogP contribution in [-0.2, 0) is 19.1 Å². The van der Waals surface area contributed by atoms with Gasteiger partial charge in [-0.05, 0) is 71.8 Å². The zero-order chi connectivity index (χ0) is 30.6. The van der Waals surface area contributed by atoms with E-state index in [4.69, 9.17) is 23.7 Å². The molecule has 0 aliphatic rings. The van der Waals surface area contributed by atoms with Crippen LogP contribution >= 0.6 is 0 Å². The smallest absolute Gasteiger partial charge is 0.343 e. The van der Waals surface area contributed by atoms with E-state index in [9.17, 15) is 19.2 Å². The van der Waals surface area contributed by atoms with Crippen LogP contribution < -0.4 is 14.2 Å². The summed E-state index contributed by atoms with van der Waals surface area (Å²) in [7, 11) is 0. The number of carbonyl (C=O) groups excluding carboxylic acids is 4. The summed E-state index contributed by atoms with van der Waals surface area (Å²) in [6, 6.07) is 26.8. The Labute approximate surface area is 247 Å². The minimum Gasteiger partial charge on any atom is -0.457 e. The van der Waals surface area contributed by atoms with Crippen molar-refractivity contribution in [3.63, 3.8) is 0 Å². The van der Waals surface area contributed by atoms with Gasteiger partial charge in [-0.3, -0.25) is 4.79 Å². The summed E-state index contributed by atoms with van der Waals surface area (Å²) in [5, 5.41) is 0. The number of ether oxygens (including phenoxy) is 5. The maximum Gasteiger partial charge on any atom is 0.343 e. The monoisotopic (exact) mass is 578 g/mol. The lowest BCUT2D eigenvalue weighted by molar-refractivity contribution is -0.145. The van der Waals surface area contributed by atoms with Crippen molar-refractivity contribution in [3.05, 3.63) is 139 Å². The Morgan fingerprint density at radius 3 is 1.33 bits per heavy atom. The van der Waals surface area contributed by atoms with E-state index < -0.39 is 17.9 Å². The van der Waals surface area contributed by atoms with Gasteiger partial charge in [-0.2, -0.15) is 0 Å². The Kier molecular flexibility index (Phi) is 10.2. The van der Waals surface area contributed by atoms with Crippen molar-refractivity contribution in [2.24, 2.45) is 0 Å². The number of hydrogen-bond donors (Lipinski definition) is 0. The molecule has 0 amide bonds. The number of hydrogen-bond acceptors (Lipinski definition) is 9. The van der Waals surface area contributed by atoms with E-state index in [-0.39, 0.29) is 19.4 Å². The highest BCUT2D eigenvalue weighted by Crippen LogP contribution is 2.25. The van der Waals surface area contributed by atoms with Crippen molar-refractivity contribution in [1.29, 1.82) is 0 Å². The molecule has 0 fully saturated rings. The zero-order valence-electron chi connectivity index (χ0n) is 22.9. The molecule has 0 atom stereocenters. The third-order valence-electron chi connectivity index (χ3n) is 5.94. The van der Waals surface area contributed by atoms with Crippen molar-refractivity contribution in [3.8, 4) is 28.4 Å². The third-order valence-corrected chi connectivity index (χ3v) is 5.94. The highest BCUT2D eigenvalue weighted by molar-refractivity contribution is 6.09. The van der Waals surface area contributed by atoms with Gasteiger partial charge in [0.2, 0.25) is 13.6 Å². The fraction of sp³-hybridized carbons (Fsp3) is 0.0588. The Bertz CT molecular complexity index is 1600. The minimum absolute atomic E-state index is 0.158. The summed E-state index contributed by atoms with van der Waals surface area (Å²) in [6.45, 7) is 6.07. The number of carbonyl (C=O) groups is 4. The maximum absolute atomic E-state index is 12.9. The average molecular weight is 579 g/mol. The standard InChI is InChI=1S/C34H26O9/c1-3-31(35)41-21-39-28-15-11-26(12-16-28)33(37)25-7-5-23(6-8-25)24-9-19-30(20-10-24)43-34(38)27-13-17-29(18-14-27)40-22-42-32(36)4-2/h3-20H,1-2,21-22H2. The molecule has 0 bridgehead atoms. The molecule has 0 saturated carbocycles. The molecule has 0 radical (unpaired) electrons. The van der Waals surface area contributed by atoms with Gasteiger partial charge in [0, 0.05) is 23.3 Å². The van der Waals surface area contributed by atoms with Crippen LogP contribution in [0.4, 0.5) is 0 Å². The lowest BCUT2D eigenvalue weighted by Crippen LogP contribution is -2.09. The van der Waals surface area contributed by atoms with Crippen molar-refractivity contribution in [2.45, 2.75) is 0 Å². The molecule has 0 aliphatic carbocycles. The van der Waals surface area contributed by atoms with Gasteiger partial charge in [0.25, 0.3) is 0 Å². The molecule has 4 aromatic rings. The highest BCUT2D eigenvalue weighted by Gasteiger charge is 2.12. The van der Waals surface area contributed by atoms with Crippen LogP contribution in [0.1, 0.15) is 26.3 Å². The summed E-state index contributed by atoms with van der Waals surface area (Å²) < 4.78 is 25.6. The predicted octanol–water partition coefficient (Wildman–Crippen LogP) is 5.93. The molecule has 4 aromatic carbocycles. The van der Waals surface area contributed by atoms with Crippen molar-refractivity contribution < 1.29 is 42.9 Å². The topological polar surface area (TPSA) is 114 Å². The van der Waals surface area contributed by atoms with Gasteiger partial charge >= 0.3 is 17.9 Å². The lowest BCUT2D eigenvalue weighted by Gasteiger charge is -2.09. The first-order valence-electron chi connectivity index (χ1n) is 12.9. The van der Waals surface area contributed by atoms with Crippen molar-refractivity contribution in [1.82, 2.24) is 0 Å². The molecular formula is C34H26O9. The van der Waals surface area contributed by atoms with Gasteiger partial charge in [-0.15, -0.1) is 0 Å². The molecule has 0 aliphatic heterocycles. The zero-order valence-corrected chi connectivity index (χ0v) is 22.9. The second-order valence-corrected chi connectivity index (χ2v) is 8.73. The van der Waals surface area contributed by atoms with E-state index in [2.05, 4.69) is 13.2 Å². The fourth-order valence-corrected chi connectivity index (χ4v) is 3.68. The fourth-order valence-electron chi connectivity index (χ4n) is 3.68. The Hall–Kier alpha value is -5.96. The maximum atomic E-state index is 12.9. The number of rotatable bonds is 13. The Morgan fingerprint density at radius 1 is 0.512 bits per heavy atom. The SMILES string of the molecule is C=CC(=O)OCOc1ccc(C(=O)Oc2ccc(-c3ccc(C(=O)c4ccc(OCOC(=O)C=C)cc4)cc3)cc2)cc1. The molecule has 0 heterocycles. The first-order chi connectivity index (χ1) is 20.9. The molecule has 0 aromatic heterocycles. The van der Waals surface area contributed by atoms with Crippen molar-refractivity contribution >= 4 is 23.7 Å². The number of benzene rings is 4. The van der Waals surface area contributed by atoms with Gasteiger partial charge in [-0.25, -0.2) is 14.4 Å². The first-order valence-corrected chi connectivity index (χ1v) is 12.9. The number of esters is 3. The van der Waals surface area contributed by atoms with Gasteiger partial charge in [0.05, 0.1) is 5.56 Å². The Morgan fingerprint density at radius 2 is 0.884 bits per heavy atom. The van der Waals surface area contributed by atoms with Crippen LogP contribution in [0.15, 0.2) is 122 Å². The molecule has 0 saturated heterocycles. The second kappa shape index (κ2) is 14.6. The summed E-state index contributed by atoms with van der Waals surface area (Å²) >= 11 is 0. The van der Waals surface area contributed by atoms with Crippen LogP contribution in [0.5, 0.6) is 17.2 Å². The quantitative estimate of drug-likeness (QED) is 0.0625. The van der Waals surface area contributed by atoms with Gasteiger partial charge in [-0.1, -0.05) is 49.6 Å². The first kappa shape index (κ1) is 30.0. The van der Waals surface area contributed by atoms with Gasteiger partial charge in [0.15, 0.2) is 5.78 Å². The lowest BCUT2D eigenvalue weighted by atomic mass is 9.99. The van der Waals surface area contributed by atoms with Crippen LogP contribution in [0, 0.1) is 0 Å². The molecule has 9 heteroatoms. The molecule has 43 heavy (non-hydrogen) atoms. The molecule has 216 valence electrons. The number of ketones is 1. The molecular weight excluding hydrogens is 552 g/mol. The van der Waals surface area contributed by atoms with E-state index in [1.807, 2.05) is 24.3 Å². The predicted molar refractivity (Wildman–Crippen MR) is 157 cm³/mol. The van der Waals surface area contributed by atoms with E-state index in [0.717, 1.165) is 23.3 Å². The minimum atomic E-state index is -0.600. The molecule has 9 nitrogen and oxygen atoms in total. The molecule has 0 N–H and O–H groups in total. The van der Waals surface area contributed by atoms with Crippen molar-refractivity contribution in [2.75, 3.05) is 13.6 Å². The van der Waals surface area contributed by atoms with Crippen LogP contribution in [0.2, 0.25) is 0 Å². The molecule has 4 rings (SSSR count). The van der Waals surface area contributed by atoms with E-state index in [1.165, 1.54) is 12.1 Å². The summed E-state index contributed by atoms with van der Waals surface area (Å²) in [5.41, 5.74) is 3.05. The molecule has 0 unspecified atom stereocenters. The van der Waals surface area contributed by atoms with E-state index >= 15 is 0 Å². The Balaban J connectivity index is 1.30. The second-order valence-electron chi connectivity index (χ2n) is 8.73. The average Bonchev–Trinajstić information content (AvgIpc) is 3.05. The normalized spacial score (nSPS) is 10.1. The summed E-state index contributed by atoms with van der Waals surface area (Å²) in [5.74, 6) is -0.664. The van der Waals surface area contributed by atoms with Gasteiger partial charge in [0.1, 0.15) is 17.2 Å². The van der Waals surface area contributed by atoms with E-state index in [0.29, 0.717) is 33.9 Å². The van der Waals surface area contributed by atoms with Crippen LogP contribution in [0.25, 0.3) is 11.1 Å². The summed E-state index contributed by atoms with van der Waals surface area (Å²) in [4.78, 5) is 47.6. The highest BCUT2D eigenvalue weighted by atomic mass is 16.7.